The summed E-state index contributed by atoms with van der Waals surface area (Å²) in [5.41, 5.74) is 1.44. The molecule has 0 bridgehead atoms. The van der Waals surface area contributed by atoms with Gasteiger partial charge < -0.3 is 14.6 Å². The Bertz CT molecular complexity index is 1550. The molecule has 3 heterocycles. The molecule has 0 saturated heterocycles. The monoisotopic (exact) mass is 481 g/mol. The summed E-state index contributed by atoms with van der Waals surface area (Å²) in [6.45, 7) is 0.217. The number of hydrogen-bond donors (Lipinski definition) is 1. The van der Waals surface area contributed by atoms with Crippen LogP contribution in [0.4, 0.5) is 10.1 Å². The van der Waals surface area contributed by atoms with E-state index in [1.165, 1.54) is 47.4 Å². The number of nitrogens with zero attached hydrogens (tertiary/aromatic N) is 5. The van der Waals surface area contributed by atoms with Crippen LogP contribution in [0.2, 0.25) is 0 Å². The lowest BCUT2D eigenvalue weighted by molar-refractivity contribution is 0.0764. The highest BCUT2D eigenvalue weighted by molar-refractivity contribution is 7.92. The van der Waals surface area contributed by atoms with Gasteiger partial charge in [0.25, 0.3) is 15.9 Å². The molecule has 5 rings (SSSR count). The third-order valence-electron chi connectivity index (χ3n) is 5.87. The lowest BCUT2D eigenvalue weighted by atomic mass is 10.0. The number of halogens is 1. The molecule has 1 N–H and O–H groups in total. The van der Waals surface area contributed by atoms with Crippen molar-refractivity contribution in [1.29, 1.82) is 0 Å². The van der Waals surface area contributed by atoms with Crippen LogP contribution in [0, 0.1) is 5.82 Å². The van der Waals surface area contributed by atoms with Gasteiger partial charge >= 0.3 is 0 Å². The maximum absolute atomic E-state index is 13.4. The minimum absolute atomic E-state index is 0.00591. The lowest BCUT2D eigenvalue weighted by Crippen LogP contribution is -2.28. The van der Waals surface area contributed by atoms with E-state index in [1.807, 2.05) is 0 Å². The van der Waals surface area contributed by atoms with E-state index in [0.29, 0.717) is 16.5 Å². The maximum Gasteiger partial charge on any atom is 0.283 e. The number of benzene rings is 2. The summed E-state index contributed by atoms with van der Waals surface area (Å²) >= 11 is 0. The second kappa shape index (κ2) is 7.80. The highest BCUT2D eigenvalue weighted by Gasteiger charge is 2.38. The van der Waals surface area contributed by atoms with E-state index in [9.17, 15) is 22.7 Å². The van der Waals surface area contributed by atoms with Gasteiger partial charge in [-0.2, -0.15) is 8.42 Å². The number of fused-ring (bicyclic) bond motifs is 2. The zero-order chi connectivity index (χ0) is 24.2. The van der Waals surface area contributed by atoms with Crippen molar-refractivity contribution in [3.63, 3.8) is 0 Å². The summed E-state index contributed by atoms with van der Waals surface area (Å²) in [4.78, 5) is 23.0. The number of amides is 1. The smallest absolute Gasteiger partial charge is 0.283 e. The molecule has 2 aromatic carbocycles. The summed E-state index contributed by atoms with van der Waals surface area (Å²) in [5, 5.41) is 11.2. The summed E-state index contributed by atoms with van der Waals surface area (Å²) < 4.78 is 42.7. The van der Waals surface area contributed by atoms with Crippen LogP contribution in [0.1, 0.15) is 21.5 Å². The summed E-state index contributed by atoms with van der Waals surface area (Å²) in [5.74, 6) is -1.16. The summed E-state index contributed by atoms with van der Waals surface area (Å²) in [7, 11) is -1.03. The van der Waals surface area contributed by atoms with Gasteiger partial charge in [-0.3, -0.25) is 14.1 Å². The first-order valence-electron chi connectivity index (χ1n) is 10.3. The van der Waals surface area contributed by atoms with E-state index in [-0.39, 0.29) is 40.6 Å². The average molecular weight is 482 g/mol. The van der Waals surface area contributed by atoms with Gasteiger partial charge in [0.1, 0.15) is 11.3 Å². The van der Waals surface area contributed by atoms with Crippen molar-refractivity contribution < 1.29 is 22.7 Å². The van der Waals surface area contributed by atoms with Crippen molar-refractivity contribution in [2.45, 2.75) is 18.1 Å². The molecular weight excluding hydrogens is 461 g/mol. The predicted octanol–water partition coefficient (Wildman–Crippen LogP) is 2.79. The quantitative estimate of drug-likeness (QED) is 0.470. The van der Waals surface area contributed by atoms with Gasteiger partial charge in [0.2, 0.25) is 0 Å². The lowest BCUT2D eigenvalue weighted by Gasteiger charge is -2.23. The number of pyridine rings is 1. The Morgan fingerprint density at radius 2 is 1.91 bits per heavy atom. The first-order valence-corrected chi connectivity index (χ1v) is 11.8. The summed E-state index contributed by atoms with van der Waals surface area (Å²) in [6.07, 6.45) is 4.23. The van der Waals surface area contributed by atoms with Gasteiger partial charge in [-0.05, 0) is 29.8 Å². The van der Waals surface area contributed by atoms with Crippen LogP contribution in [-0.2, 0) is 30.2 Å². The van der Waals surface area contributed by atoms with E-state index < -0.39 is 21.7 Å². The van der Waals surface area contributed by atoms with Crippen LogP contribution < -0.4 is 4.31 Å². The largest absolute Gasteiger partial charge is 0.505 e. The molecule has 0 radical (unpaired) electrons. The zero-order valence-electron chi connectivity index (χ0n) is 18.3. The number of phenols is 1. The van der Waals surface area contributed by atoms with Gasteiger partial charge in [-0.15, -0.1) is 0 Å². The fraction of sp³-hybridized carbons (Fsp3) is 0.174. The van der Waals surface area contributed by atoms with Crippen molar-refractivity contribution >= 4 is 32.5 Å². The molecule has 4 aromatic rings. The molecule has 11 heteroatoms. The molecule has 0 spiro atoms. The van der Waals surface area contributed by atoms with Crippen molar-refractivity contribution in [2.24, 2.45) is 7.05 Å². The van der Waals surface area contributed by atoms with Crippen LogP contribution in [0.15, 0.2) is 60.1 Å². The van der Waals surface area contributed by atoms with E-state index in [2.05, 4.69) is 9.97 Å². The molecule has 0 aliphatic carbocycles. The van der Waals surface area contributed by atoms with Crippen LogP contribution in [0.3, 0.4) is 0 Å². The van der Waals surface area contributed by atoms with Crippen LogP contribution in [0.25, 0.3) is 10.9 Å². The van der Waals surface area contributed by atoms with Crippen molar-refractivity contribution in [3.8, 4) is 5.75 Å². The molecule has 0 unspecified atom stereocenters. The number of carbonyl (C=O) groups excluding carboxylic acids is 1. The topological polar surface area (TPSA) is 109 Å². The molecule has 34 heavy (non-hydrogen) atoms. The zero-order valence-corrected chi connectivity index (χ0v) is 19.1. The van der Waals surface area contributed by atoms with Crippen LogP contribution >= 0.6 is 0 Å². The first-order chi connectivity index (χ1) is 16.2. The Morgan fingerprint density at radius 1 is 1.18 bits per heavy atom. The van der Waals surface area contributed by atoms with Crippen LogP contribution in [0.5, 0.6) is 5.75 Å². The molecule has 1 aliphatic rings. The molecular formula is C23H20FN5O4S. The minimum Gasteiger partial charge on any atom is -0.505 e. The van der Waals surface area contributed by atoms with Gasteiger partial charge in [-0.25, -0.2) is 9.37 Å². The number of rotatable bonds is 5. The number of aromatic nitrogens is 3. The highest BCUT2D eigenvalue weighted by Crippen LogP contribution is 2.45. The number of aryl methyl sites for hydroxylation is 1. The molecule has 1 amide bonds. The molecule has 0 saturated carbocycles. The number of hydrogen-bond acceptors (Lipinski definition) is 6. The van der Waals surface area contributed by atoms with E-state index in [0.717, 1.165) is 4.31 Å². The highest BCUT2D eigenvalue weighted by atomic mass is 32.2. The fourth-order valence-electron chi connectivity index (χ4n) is 4.21. The van der Waals surface area contributed by atoms with Crippen molar-refractivity contribution in [1.82, 2.24) is 19.4 Å². The van der Waals surface area contributed by atoms with Crippen molar-refractivity contribution in [3.05, 3.63) is 77.6 Å². The fourth-order valence-corrected chi connectivity index (χ4v) is 5.42. The number of sulfonamides is 1. The van der Waals surface area contributed by atoms with E-state index in [1.54, 1.807) is 31.3 Å². The Kier molecular flexibility index (Phi) is 5.01. The predicted molar refractivity (Wildman–Crippen MR) is 122 cm³/mol. The number of aromatic hydroxyl groups is 1. The number of imidazole rings is 1. The average Bonchev–Trinajstić information content (AvgIpc) is 3.39. The minimum atomic E-state index is -4.08. The molecule has 9 nitrogen and oxygen atoms in total. The molecule has 1 aliphatic heterocycles. The van der Waals surface area contributed by atoms with Gasteiger partial charge in [0.05, 0.1) is 17.6 Å². The van der Waals surface area contributed by atoms with Gasteiger partial charge in [-0.1, -0.05) is 12.1 Å². The van der Waals surface area contributed by atoms with Gasteiger partial charge in [0.15, 0.2) is 10.8 Å². The standard InChI is InChI=1S/C23H20FN5O4S/c1-27-12-18(26-13-27)34(32,33)28(2)21-16-4-3-9-25-20(16)22(30)19-17(21)11-29(23(19)31)10-14-5-7-15(24)8-6-14/h3-9,12-13,30H,10-11H2,1-2H3. The van der Waals surface area contributed by atoms with E-state index >= 15 is 0 Å². The molecule has 2 aromatic heterocycles. The second-order valence-corrected chi connectivity index (χ2v) is 10.0. The van der Waals surface area contributed by atoms with Crippen LogP contribution in [-0.4, -0.2) is 45.9 Å². The molecule has 174 valence electrons. The molecule has 0 fully saturated rings. The van der Waals surface area contributed by atoms with E-state index in [4.69, 9.17) is 0 Å². The Balaban J connectivity index is 1.66. The Labute approximate surface area is 194 Å². The number of phenolic OH excluding ortho intramolecular Hbond substituents is 1. The van der Waals surface area contributed by atoms with Crippen molar-refractivity contribution in [2.75, 3.05) is 11.4 Å². The summed E-state index contributed by atoms with van der Waals surface area (Å²) in [6, 6.07) is 9.03. The Hall–Kier alpha value is -3.99. The first kappa shape index (κ1) is 21.8. The second-order valence-electron chi connectivity index (χ2n) is 8.09. The number of carbonyl (C=O) groups is 1. The maximum atomic E-state index is 13.4. The van der Waals surface area contributed by atoms with Gasteiger partial charge in [0, 0.05) is 50.5 Å². The normalized spacial score (nSPS) is 13.5. The third kappa shape index (κ3) is 3.36. The number of anilines is 1. The Morgan fingerprint density at radius 3 is 2.59 bits per heavy atom. The molecule has 0 atom stereocenters. The third-order valence-corrected chi connectivity index (χ3v) is 7.51. The SMILES string of the molecule is CN(c1c2c(c(O)c3ncccc13)C(=O)N(Cc1ccc(F)cc1)C2)S(=O)(=O)c1cn(C)cn1.